The highest BCUT2D eigenvalue weighted by atomic mass is 32.1. The lowest BCUT2D eigenvalue weighted by Crippen LogP contribution is -2.05. The molecule has 0 saturated heterocycles. The van der Waals surface area contributed by atoms with Crippen LogP contribution in [0.25, 0.3) is 0 Å². The molecule has 0 spiro atoms. The number of carbonyl (C=O) groups excluding carboxylic acids is 1. The van der Waals surface area contributed by atoms with Crippen LogP contribution in [0.1, 0.15) is 18.5 Å². The summed E-state index contributed by atoms with van der Waals surface area (Å²) in [5.74, 6) is 0. The first kappa shape index (κ1) is 6.91. The van der Waals surface area contributed by atoms with Crippen molar-refractivity contribution in [2.45, 2.75) is 19.3 Å². The van der Waals surface area contributed by atoms with Crippen molar-refractivity contribution in [2.75, 3.05) is 0 Å². The van der Waals surface area contributed by atoms with Crippen LogP contribution in [0.15, 0.2) is 6.20 Å². The van der Waals surface area contributed by atoms with E-state index in [1.165, 1.54) is 11.7 Å². The van der Waals surface area contributed by atoms with E-state index in [-0.39, 0.29) is 5.41 Å². The summed E-state index contributed by atoms with van der Waals surface area (Å²) in [6, 6.07) is 0. The Hall–Kier alpha value is -0.770. The van der Waals surface area contributed by atoms with Crippen molar-refractivity contribution in [1.29, 1.82) is 0 Å². The van der Waals surface area contributed by atoms with Gasteiger partial charge in [-0.2, -0.15) is 8.75 Å². The second kappa shape index (κ2) is 2.37. The summed E-state index contributed by atoms with van der Waals surface area (Å²) < 4.78 is 7.94. The Morgan fingerprint density at radius 3 is 3.00 bits per heavy atom. The largest absolute Gasteiger partial charge is 0.303 e. The van der Waals surface area contributed by atoms with E-state index in [9.17, 15) is 4.79 Å². The fourth-order valence-electron chi connectivity index (χ4n) is 1.12. The average molecular weight is 168 g/mol. The van der Waals surface area contributed by atoms with E-state index in [4.69, 9.17) is 0 Å². The van der Waals surface area contributed by atoms with E-state index in [0.717, 1.165) is 31.2 Å². The van der Waals surface area contributed by atoms with Gasteiger partial charge < -0.3 is 4.79 Å². The van der Waals surface area contributed by atoms with Crippen LogP contribution in [0.5, 0.6) is 0 Å². The predicted molar refractivity (Wildman–Crippen MR) is 41.3 cm³/mol. The van der Waals surface area contributed by atoms with Crippen LogP contribution in [0.4, 0.5) is 0 Å². The normalized spacial score (nSPS) is 19.6. The maximum atomic E-state index is 10.6. The molecule has 1 aromatic heterocycles. The molecular weight excluding hydrogens is 160 g/mol. The Balaban J connectivity index is 2.06. The van der Waals surface area contributed by atoms with Crippen molar-refractivity contribution >= 4 is 18.0 Å². The van der Waals surface area contributed by atoms with Crippen LogP contribution >= 0.6 is 11.7 Å². The number of hydrogen-bond acceptors (Lipinski definition) is 4. The lowest BCUT2D eigenvalue weighted by atomic mass is 10.0. The second-order valence-electron chi connectivity index (χ2n) is 3.06. The van der Waals surface area contributed by atoms with Gasteiger partial charge in [0.2, 0.25) is 0 Å². The van der Waals surface area contributed by atoms with Gasteiger partial charge in [0.15, 0.2) is 0 Å². The molecule has 1 aliphatic carbocycles. The van der Waals surface area contributed by atoms with Crippen molar-refractivity contribution in [1.82, 2.24) is 8.75 Å². The van der Waals surface area contributed by atoms with E-state index in [2.05, 4.69) is 8.75 Å². The van der Waals surface area contributed by atoms with Crippen molar-refractivity contribution in [3.8, 4) is 0 Å². The molecule has 0 unspecified atom stereocenters. The SMILES string of the molecule is O=CC1(Cc2cnsn2)CC1. The van der Waals surface area contributed by atoms with Crippen LogP contribution in [0.3, 0.4) is 0 Å². The number of rotatable bonds is 3. The van der Waals surface area contributed by atoms with Gasteiger partial charge in [0.05, 0.1) is 23.6 Å². The van der Waals surface area contributed by atoms with Gasteiger partial charge >= 0.3 is 0 Å². The molecule has 1 saturated carbocycles. The summed E-state index contributed by atoms with van der Waals surface area (Å²) in [6.45, 7) is 0. The van der Waals surface area contributed by atoms with Crippen LogP contribution < -0.4 is 0 Å². The summed E-state index contributed by atoms with van der Waals surface area (Å²) >= 11 is 1.20. The zero-order chi connectivity index (χ0) is 7.73. The van der Waals surface area contributed by atoms with Gasteiger partial charge in [-0.1, -0.05) is 0 Å². The Kier molecular flexibility index (Phi) is 1.49. The van der Waals surface area contributed by atoms with E-state index >= 15 is 0 Å². The third-order valence-electron chi connectivity index (χ3n) is 2.08. The topological polar surface area (TPSA) is 42.9 Å². The highest BCUT2D eigenvalue weighted by Crippen LogP contribution is 2.45. The van der Waals surface area contributed by atoms with E-state index in [1.807, 2.05) is 0 Å². The van der Waals surface area contributed by atoms with Gasteiger partial charge in [-0.05, 0) is 12.8 Å². The molecule has 1 aliphatic rings. The van der Waals surface area contributed by atoms with Gasteiger partial charge in [0.1, 0.15) is 6.29 Å². The molecule has 0 aliphatic heterocycles. The zero-order valence-electron chi connectivity index (χ0n) is 5.99. The minimum atomic E-state index is -0.0598. The Labute approximate surface area is 68.8 Å². The van der Waals surface area contributed by atoms with Crippen molar-refractivity contribution in [3.63, 3.8) is 0 Å². The molecular formula is C7H8N2OS. The average Bonchev–Trinajstić information content (AvgIpc) is 2.59. The molecule has 0 atom stereocenters. The number of nitrogens with zero attached hydrogens (tertiary/aromatic N) is 2. The molecule has 1 fully saturated rings. The van der Waals surface area contributed by atoms with Gasteiger partial charge in [-0.15, -0.1) is 0 Å². The molecule has 0 amide bonds. The smallest absolute Gasteiger partial charge is 0.126 e. The molecule has 1 heterocycles. The standard InChI is InChI=1S/C7H8N2OS/c10-5-7(1-2-7)3-6-4-8-11-9-6/h4-5H,1-3H2. The number of carbonyl (C=O) groups is 1. The van der Waals surface area contributed by atoms with E-state index < -0.39 is 0 Å². The molecule has 3 nitrogen and oxygen atoms in total. The van der Waals surface area contributed by atoms with E-state index in [0.29, 0.717) is 0 Å². The Morgan fingerprint density at radius 2 is 2.55 bits per heavy atom. The maximum Gasteiger partial charge on any atom is 0.126 e. The van der Waals surface area contributed by atoms with Crippen molar-refractivity contribution < 1.29 is 4.79 Å². The highest BCUT2D eigenvalue weighted by Gasteiger charge is 2.42. The third-order valence-corrected chi connectivity index (χ3v) is 2.60. The molecule has 58 valence electrons. The number of aldehydes is 1. The molecule has 0 bridgehead atoms. The quantitative estimate of drug-likeness (QED) is 0.634. The van der Waals surface area contributed by atoms with Gasteiger partial charge in [-0.3, -0.25) is 0 Å². The minimum Gasteiger partial charge on any atom is -0.303 e. The molecule has 0 radical (unpaired) electrons. The second-order valence-corrected chi connectivity index (χ2v) is 3.61. The monoisotopic (exact) mass is 168 g/mol. The van der Waals surface area contributed by atoms with Gasteiger partial charge in [0.25, 0.3) is 0 Å². The predicted octanol–water partition coefficient (Wildman–Crippen LogP) is 1.06. The van der Waals surface area contributed by atoms with Crippen LogP contribution in [0.2, 0.25) is 0 Å². The summed E-state index contributed by atoms with van der Waals surface area (Å²) in [4.78, 5) is 10.6. The van der Waals surface area contributed by atoms with Crippen LogP contribution in [0, 0.1) is 5.41 Å². The Morgan fingerprint density at radius 1 is 1.73 bits per heavy atom. The Bertz CT molecular complexity index is 253. The van der Waals surface area contributed by atoms with Gasteiger partial charge in [0, 0.05) is 11.8 Å². The first-order valence-corrected chi connectivity index (χ1v) is 4.30. The molecule has 2 rings (SSSR count). The van der Waals surface area contributed by atoms with Crippen LogP contribution in [-0.2, 0) is 11.2 Å². The number of hydrogen-bond donors (Lipinski definition) is 0. The van der Waals surface area contributed by atoms with Crippen molar-refractivity contribution in [3.05, 3.63) is 11.9 Å². The number of aromatic nitrogens is 2. The molecule has 0 aromatic carbocycles. The first-order chi connectivity index (χ1) is 5.35. The fourth-order valence-corrected chi connectivity index (χ4v) is 1.55. The summed E-state index contributed by atoms with van der Waals surface area (Å²) in [6.07, 6.45) is 5.63. The lowest BCUT2D eigenvalue weighted by molar-refractivity contribution is -0.112. The molecule has 0 N–H and O–H groups in total. The summed E-state index contributed by atoms with van der Waals surface area (Å²) in [5.41, 5.74) is 0.898. The molecule has 11 heavy (non-hydrogen) atoms. The van der Waals surface area contributed by atoms with Crippen molar-refractivity contribution in [2.24, 2.45) is 5.41 Å². The first-order valence-electron chi connectivity index (χ1n) is 3.57. The summed E-state index contributed by atoms with van der Waals surface area (Å²) in [5, 5.41) is 0. The summed E-state index contributed by atoms with van der Waals surface area (Å²) in [7, 11) is 0. The van der Waals surface area contributed by atoms with Crippen LogP contribution in [-0.4, -0.2) is 15.0 Å². The lowest BCUT2D eigenvalue weighted by Gasteiger charge is -2.00. The minimum absolute atomic E-state index is 0.0598. The maximum absolute atomic E-state index is 10.6. The third kappa shape index (κ3) is 1.30. The van der Waals surface area contributed by atoms with E-state index in [1.54, 1.807) is 6.20 Å². The highest BCUT2D eigenvalue weighted by molar-refractivity contribution is 6.99. The zero-order valence-corrected chi connectivity index (χ0v) is 6.80. The van der Waals surface area contributed by atoms with Gasteiger partial charge in [-0.25, -0.2) is 0 Å². The molecule has 4 heteroatoms. The fraction of sp³-hybridized carbons (Fsp3) is 0.571. The molecule has 1 aromatic rings.